The third-order valence-corrected chi connectivity index (χ3v) is 4.79. The lowest BCUT2D eigenvalue weighted by molar-refractivity contribution is 0.0813. The predicted octanol–water partition coefficient (Wildman–Crippen LogP) is 2.73. The van der Waals surface area contributed by atoms with Crippen LogP contribution in [0.1, 0.15) is 16.8 Å². The van der Waals surface area contributed by atoms with Crippen LogP contribution >= 0.6 is 11.8 Å². The van der Waals surface area contributed by atoms with E-state index in [2.05, 4.69) is 5.32 Å². The fourth-order valence-corrected chi connectivity index (χ4v) is 3.18. The Morgan fingerprint density at radius 1 is 1.16 bits per heavy atom. The second kappa shape index (κ2) is 8.78. The maximum absolute atomic E-state index is 12.2. The van der Waals surface area contributed by atoms with Crippen LogP contribution in [-0.4, -0.2) is 42.6 Å². The zero-order chi connectivity index (χ0) is 17.5. The number of hydrogen-bond donors (Lipinski definition) is 2. The quantitative estimate of drug-likeness (QED) is 0.744. The molecule has 2 aromatic carbocycles. The molecule has 2 aromatic rings. The summed E-state index contributed by atoms with van der Waals surface area (Å²) in [5.41, 5.74) is 0.625. The van der Waals surface area contributed by atoms with Crippen molar-refractivity contribution in [3.63, 3.8) is 0 Å². The first-order valence-electron chi connectivity index (χ1n) is 8.26. The first-order chi connectivity index (χ1) is 12.3. The molecule has 0 spiro atoms. The highest BCUT2D eigenvalue weighted by Gasteiger charge is 2.20. The molecule has 6 heteroatoms. The Morgan fingerprint density at radius 2 is 1.92 bits per heavy atom. The van der Waals surface area contributed by atoms with Crippen LogP contribution in [0.25, 0.3) is 0 Å². The topological polar surface area (TPSA) is 67.8 Å². The van der Waals surface area contributed by atoms with E-state index in [1.807, 2.05) is 36.4 Å². The number of hydrogen-bond acceptors (Lipinski definition) is 5. The third kappa shape index (κ3) is 4.90. The average Bonchev–Trinajstić information content (AvgIpc) is 2.66. The average molecular weight is 359 g/mol. The molecule has 0 radical (unpaired) electrons. The van der Waals surface area contributed by atoms with Gasteiger partial charge in [-0.2, -0.15) is 0 Å². The molecule has 132 valence electrons. The van der Waals surface area contributed by atoms with Crippen LogP contribution in [-0.2, 0) is 0 Å². The van der Waals surface area contributed by atoms with Crippen LogP contribution in [0, 0.1) is 0 Å². The van der Waals surface area contributed by atoms with Gasteiger partial charge in [0.2, 0.25) is 0 Å². The molecule has 2 N–H and O–H groups in total. The minimum absolute atomic E-state index is 0.0625. The van der Waals surface area contributed by atoms with E-state index in [4.69, 9.17) is 14.6 Å². The van der Waals surface area contributed by atoms with Crippen molar-refractivity contribution in [2.75, 3.05) is 25.5 Å². The van der Waals surface area contributed by atoms with E-state index in [0.717, 1.165) is 16.4 Å². The van der Waals surface area contributed by atoms with E-state index in [1.54, 1.807) is 23.9 Å². The largest absolute Gasteiger partial charge is 0.486 e. The fourth-order valence-electron chi connectivity index (χ4n) is 2.52. The van der Waals surface area contributed by atoms with Crippen LogP contribution in [0.4, 0.5) is 0 Å². The molecule has 0 aliphatic carbocycles. The van der Waals surface area contributed by atoms with Crippen molar-refractivity contribution in [1.29, 1.82) is 0 Å². The first-order valence-corrected chi connectivity index (χ1v) is 9.25. The van der Waals surface area contributed by atoms with E-state index in [0.29, 0.717) is 30.9 Å². The molecule has 1 aliphatic heterocycles. The van der Waals surface area contributed by atoms with E-state index in [-0.39, 0.29) is 18.6 Å². The Bertz CT molecular complexity index is 705. The Balaban J connectivity index is 1.44. The molecular weight excluding hydrogens is 338 g/mol. The smallest absolute Gasteiger partial charge is 0.251 e. The van der Waals surface area contributed by atoms with Crippen molar-refractivity contribution in [2.45, 2.75) is 17.4 Å². The van der Waals surface area contributed by atoms with Gasteiger partial charge in [-0.05, 0) is 36.4 Å². The summed E-state index contributed by atoms with van der Waals surface area (Å²) in [7, 11) is 0. The minimum atomic E-state index is -0.101. The monoisotopic (exact) mass is 359 g/mol. The number of fused-ring (bicyclic) bond motifs is 1. The maximum Gasteiger partial charge on any atom is 0.251 e. The molecule has 1 atom stereocenters. The van der Waals surface area contributed by atoms with Gasteiger partial charge in [-0.1, -0.05) is 12.1 Å². The standard InChI is InChI=1S/C19H21NO4S/c21-11-12-25-16-7-5-14(6-8-16)19(22)20-10-9-15-13-23-17-3-1-2-4-18(17)24-15/h1-8,15,21H,9-13H2,(H,20,22)/t15-/m1/s1. The van der Waals surface area contributed by atoms with Crippen molar-refractivity contribution in [3.8, 4) is 11.5 Å². The molecule has 1 aliphatic rings. The normalized spacial score (nSPS) is 15.6. The number of amides is 1. The Kier molecular flexibility index (Phi) is 6.19. The van der Waals surface area contributed by atoms with Gasteiger partial charge in [0.05, 0.1) is 6.61 Å². The fraction of sp³-hybridized carbons (Fsp3) is 0.316. The zero-order valence-corrected chi connectivity index (χ0v) is 14.6. The van der Waals surface area contributed by atoms with Crippen LogP contribution in [0.15, 0.2) is 53.4 Å². The molecule has 1 amide bonds. The summed E-state index contributed by atoms with van der Waals surface area (Å²) in [4.78, 5) is 13.2. The van der Waals surface area contributed by atoms with Crippen molar-refractivity contribution in [3.05, 3.63) is 54.1 Å². The van der Waals surface area contributed by atoms with Gasteiger partial charge >= 0.3 is 0 Å². The summed E-state index contributed by atoms with van der Waals surface area (Å²) in [5.74, 6) is 2.07. The molecule has 0 unspecified atom stereocenters. The molecule has 1 heterocycles. The van der Waals surface area contributed by atoms with Crippen LogP contribution < -0.4 is 14.8 Å². The SMILES string of the molecule is O=C(NCC[C@@H]1COc2ccccc2O1)c1ccc(SCCO)cc1. The second-order valence-electron chi connectivity index (χ2n) is 5.64. The van der Waals surface area contributed by atoms with Gasteiger partial charge in [-0.3, -0.25) is 4.79 Å². The summed E-state index contributed by atoms with van der Waals surface area (Å²) in [6.45, 7) is 1.16. The van der Waals surface area contributed by atoms with Gasteiger partial charge in [-0.25, -0.2) is 0 Å². The van der Waals surface area contributed by atoms with Crippen LogP contribution in [0.3, 0.4) is 0 Å². The maximum atomic E-state index is 12.2. The van der Waals surface area contributed by atoms with E-state index < -0.39 is 0 Å². The molecule has 0 saturated carbocycles. The second-order valence-corrected chi connectivity index (χ2v) is 6.81. The van der Waals surface area contributed by atoms with Gasteiger partial charge in [0.15, 0.2) is 11.5 Å². The third-order valence-electron chi connectivity index (χ3n) is 3.80. The number of thioether (sulfide) groups is 1. The number of nitrogens with one attached hydrogen (secondary N) is 1. The highest BCUT2D eigenvalue weighted by Crippen LogP contribution is 2.31. The molecule has 3 rings (SSSR count). The predicted molar refractivity (Wildman–Crippen MR) is 97.6 cm³/mol. The van der Waals surface area contributed by atoms with Crippen molar-refractivity contribution in [1.82, 2.24) is 5.32 Å². The zero-order valence-electron chi connectivity index (χ0n) is 13.8. The Hall–Kier alpha value is -2.18. The lowest BCUT2D eigenvalue weighted by Crippen LogP contribution is -2.34. The highest BCUT2D eigenvalue weighted by atomic mass is 32.2. The summed E-state index contributed by atoms with van der Waals surface area (Å²) in [5, 5.41) is 11.7. The molecular formula is C19H21NO4S. The lowest BCUT2D eigenvalue weighted by atomic mass is 10.2. The number of para-hydroxylation sites is 2. The molecule has 25 heavy (non-hydrogen) atoms. The Morgan fingerprint density at radius 3 is 2.68 bits per heavy atom. The van der Waals surface area contributed by atoms with Gasteiger partial charge in [0.25, 0.3) is 5.91 Å². The number of aliphatic hydroxyl groups excluding tert-OH is 1. The number of aliphatic hydroxyl groups is 1. The van der Waals surface area contributed by atoms with Crippen molar-refractivity contribution in [2.24, 2.45) is 0 Å². The van der Waals surface area contributed by atoms with Gasteiger partial charge in [0.1, 0.15) is 12.7 Å². The van der Waals surface area contributed by atoms with Gasteiger partial charge < -0.3 is 19.9 Å². The summed E-state index contributed by atoms with van der Waals surface area (Å²) < 4.78 is 11.5. The van der Waals surface area contributed by atoms with Crippen molar-refractivity contribution >= 4 is 17.7 Å². The molecule has 0 aromatic heterocycles. The molecule has 0 saturated heterocycles. The van der Waals surface area contributed by atoms with Crippen LogP contribution in [0.2, 0.25) is 0 Å². The van der Waals surface area contributed by atoms with Crippen molar-refractivity contribution < 1.29 is 19.4 Å². The minimum Gasteiger partial charge on any atom is -0.486 e. The molecule has 0 bridgehead atoms. The van der Waals surface area contributed by atoms with E-state index in [1.165, 1.54) is 0 Å². The van der Waals surface area contributed by atoms with Gasteiger partial charge in [-0.15, -0.1) is 11.8 Å². The number of carbonyl (C=O) groups excluding carboxylic acids is 1. The number of rotatable bonds is 7. The first kappa shape index (κ1) is 17.6. The summed E-state index contributed by atoms with van der Waals surface area (Å²) in [6.07, 6.45) is 0.622. The van der Waals surface area contributed by atoms with Gasteiger partial charge in [0, 0.05) is 29.2 Å². The Labute approximate surface area is 151 Å². The van der Waals surface area contributed by atoms with E-state index >= 15 is 0 Å². The molecule has 0 fully saturated rings. The molecule has 5 nitrogen and oxygen atoms in total. The van der Waals surface area contributed by atoms with E-state index in [9.17, 15) is 4.79 Å². The number of carbonyl (C=O) groups is 1. The lowest BCUT2D eigenvalue weighted by Gasteiger charge is -2.26. The number of ether oxygens (including phenoxy) is 2. The summed E-state index contributed by atoms with van der Waals surface area (Å²) in [6, 6.07) is 15.0. The summed E-state index contributed by atoms with van der Waals surface area (Å²) >= 11 is 1.56. The number of benzene rings is 2. The highest BCUT2D eigenvalue weighted by molar-refractivity contribution is 7.99. The van der Waals surface area contributed by atoms with Crippen LogP contribution in [0.5, 0.6) is 11.5 Å².